The van der Waals surface area contributed by atoms with Gasteiger partial charge >= 0.3 is 0 Å². The first-order valence-electron chi connectivity index (χ1n) is 7.14. The summed E-state index contributed by atoms with van der Waals surface area (Å²) in [5.41, 5.74) is 2.11. The fraction of sp³-hybridized carbons (Fsp3) is 0.438. The predicted molar refractivity (Wildman–Crippen MR) is 80.4 cm³/mol. The van der Waals surface area contributed by atoms with Gasteiger partial charge in [0.25, 0.3) is 0 Å². The van der Waals surface area contributed by atoms with E-state index in [9.17, 15) is 0 Å². The number of pyridine rings is 1. The van der Waals surface area contributed by atoms with E-state index in [2.05, 4.69) is 34.6 Å². The number of aromatic nitrogens is 1. The van der Waals surface area contributed by atoms with E-state index in [1.165, 1.54) is 12.8 Å². The number of nitrogens with zero attached hydrogens (tertiary/aromatic N) is 1. The number of fused-ring (bicyclic) bond motifs is 1. The highest BCUT2D eigenvalue weighted by Crippen LogP contribution is 2.27. The Kier molecular flexibility index (Phi) is 4.02. The van der Waals surface area contributed by atoms with Crippen LogP contribution in [0.1, 0.15) is 19.3 Å². The summed E-state index contributed by atoms with van der Waals surface area (Å²) in [7, 11) is 1.70. The topological polar surface area (TPSA) is 43.4 Å². The highest BCUT2D eigenvalue weighted by molar-refractivity contribution is 5.82. The van der Waals surface area contributed by atoms with Crippen molar-refractivity contribution in [2.24, 2.45) is 0 Å². The Balaban J connectivity index is 1.70. The van der Waals surface area contributed by atoms with Crippen LogP contribution in [0.2, 0.25) is 0 Å². The van der Waals surface area contributed by atoms with E-state index in [0.29, 0.717) is 25.1 Å². The van der Waals surface area contributed by atoms with Gasteiger partial charge in [0.15, 0.2) is 0 Å². The van der Waals surface area contributed by atoms with Gasteiger partial charge in [-0.05, 0) is 31.0 Å². The van der Waals surface area contributed by atoms with Crippen LogP contribution in [0.4, 0.5) is 5.69 Å². The zero-order chi connectivity index (χ0) is 13.8. The lowest BCUT2D eigenvalue weighted by atomic mass is 10.2. The van der Waals surface area contributed by atoms with E-state index in [1.54, 1.807) is 7.11 Å². The first kappa shape index (κ1) is 13.2. The Morgan fingerprint density at radius 1 is 1.20 bits per heavy atom. The van der Waals surface area contributed by atoms with Crippen molar-refractivity contribution in [3.63, 3.8) is 0 Å². The molecule has 1 heterocycles. The van der Waals surface area contributed by atoms with Crippen molar-refractivity contribution in [3.8, 4) is 5.88 Å². The molecule has 0 atom stereocenters. The number of hydrogen-bond acceptors (Lipinski definition) is 4. The molecule has 0 aliphatic heterocycles. The summed E-state index contributed by atoms with van der Waals surface area (Å²) >= 11 is 0. The average molecular weight is 272 g/mol. The lowest BCUT2D eigenvalue weighted by Gasteiger charge is -2.08. The highest BCUT2D eigenvalue weighted by atomic mass is 16.5. The molecule has 2 aromatic rings. The summed E-state index contributed by atoms with van der Waals surface area (Å²) in [6.07, 6.45) is 3.42. The molecular formula is C16H20N2O2. The Morgan fingerprint density at radius 2 is 2.05 bits per heavy atom. The molecule has 0 unspecified atom stereocenters. The summed E-state index contributed by atoms with van der Waals surface area (Å²) in [6.45, 7) is 1.34. The van der Waals surface area contributed by atoms with Crippen molar-refractivity contribution in [1.82, 2.24) is 4.98 Å². The Hall–Kier alpha value is -1.81. The van der Waals surface area contributed by atoms with Crippen molar-refractivity contribution in [2.45, 2.75) is 25.3 Å². The van der Waals surface area contributed by atoms with Crippen LogP contribution >= 0.6 is 0 Å². The fourth-order valence-electron chi connectivity index (χ4n) is 2.11. The molecule has 1 fully saturated rings. The minimum Gasteiger partial charge on any atom is -0.478 e. The van der Waals surface area contributed by atoms with Crippen LogP contribution in [0.15, 0.2) is 30.3 Å². The maximum Gasteiger partial charge on any atom is 0.213 e. The van der Waals surface area contributed by atoms with E-state index in [0.717, 1.165) is 23.0 Å². The summed E-state index contributed by atoms with van der Waals surface area (Å²) in [5.74, 6) is 0.678. The van der Waals surface area contributed by atoms with E-state index in [1.807, 2.05) is 6.07 Å². The number of nitrogens with one attached hydrogen (secondary N) is 1. The summed E-state index contributed by atoms with van der Waals surface area (Å²) in [4.78, 5) is 4.56. The van der Waals surface area contributed by atoms with Gasteiger partial charge in [0.1, 0.15) is 0 Å². The number of anilines is 1. The van der Waals surface area contributed by atoms with E-state index in [4.69, 9.17) is 9.47 Å². The first-order chi connectivity index (χ1) is 9.85. The molecule has 1 N–H and O–H groups in total. The zero-order valence-corrected chi connectivity index (χ0v) is 11.8. The molecule has 3 rings (SSSR count). The van der Waals surface area contributed by atoms with Crippen molar-refractivity contribution >= 4 is 16.6 Å². The van der Waals surface area contributed by atoms with Crippen LogP contribution in [0.5, 0.6) is 5.88 Å². The van der Waals surface area contributed by atoms with Gasteiger partial charge in [-0.25, -0.2) is 4.98 Å². The number of benzene rings is 1. The normalized spacial score (nSPS) is 14.4. The van der Waals surface area contributed by atoms with Crippen LogP contribution in [0, 0.1) is 0 Å². The molecular weight excluding hydrogens is 252 g/mol. The van der Waals surface area contributed by atoms with Crippen LogP contribution in [-0.2, 0) is 4.74 Å². The lowest BCUT2D eigenvalue weighted by molar-refractivity contribution is 0.170. The van der Waals surface area contributed by atoms with Gasteiger partial charge in [-0.1, -0.05) is 6.07 Å². The maximum absolute atomic E-state index is 5.64. The molecule has 1 aliphatic rings. The number of rotatable bonds is 7. The second kappa shape index (κ2) is 6.09. The third-order valence-electron chi connectivity index (χ3n) is 3.36. The van der Waals surface area contributed by atoms with E-state index in [-0.39, 0.29) is 0 Å². The van der Waals surface area contributed by atoms with Crippen LogP contribution < -0.4 is 10.1 Å². The highest BCUT2D eigenvalue weighted by Gasteiger charge is 2.20. The monoisotopic (exact) mass is 272 g/mol. The second-order valence-corrected chi connectivity index (χ2v) is 5.17. The van der Waals surface area contributed by atoms with E-state index < -0.39 is 0 Å². The molecule has 1 saturated carbocycles. The molecule has 1 aromatic carbocycles. The third kappa shape index (κ3) is 3.39. The molecule has 1 aliphatic carbocycles. The number of hydrogen-bond donors (Lipinski definition) is 1. The number of ether oxygens (including phenoxy) is 2. The minimum absolute atomic E-state index is 0.631. The molecule has 1 aromatic heterocycles. The van der Waals surface area contributed by atoms with Crippen LogP contribution in [0.3, 0.4) is 0 Å². The molecule has 20 heavy (non-hydrogen) atoms. The maximum atomic E-state index is 5.64. The van der Waals surface area contributed by atoms with Crippen molar-refractivity contribution < 1.29 is 9.47 Å². The van der Waals surface area contributed by atoms with Gasteiger partial charge in [0, 0.05) is 43.3 Å². The Labute approximate surface area is 119 Å². The van der Waals surface area contributed by atoms with Crippen molar-refractivity contribution in [3.05, 3.63) is 30.3 Å². The fourth-order valence-corrected chi connectivity index (χ4v) is 2.11. The smallest absolute Gasteiger partial charge is 0.213 e. The SMILES string of the molecule is COCCCOc1ccc2ccc(NC3CC3)cc2n1. The third-order valence-corrected chi connectivity index (χ3v) is 3.36. The molecule has 4 heteroatoms. The van der Waals surface area contributed by atoms with Gasteiger partial charge in [-0.2, -0.15) is 0 Å². The van der Waals surface area contributed by atoms with Gasteiger partial charge in [0.2, 0.25) is 5.88 Å². The van der Waals surface area contributed by atoms with Gasteiger partial charge in [0.05, 0.1) is 12.1 Å². The Bertz CT molecular complexity index is 582. The summed E-state index contributed by atoms with van der Waals surface area (Å²) in [6, 6.07) is 10.9. The first-order valence-corrected chi connectivity index (χ1v) is 7.14. The Morgan fingerprint density at radius 3 is 2.85 bits per heavy atom. The molecule has 106 valence electrons. The standard InChI is InChI=1S/C16H20N2O2/c1-19-9-2-10-20-16-8-4-12-3-5-14(11-15(12)18-16)17-13-6-7-13/h3-5,8,11,13,17H,2,6-7,9-10H2,1H3. The summed E-state index contributed by atoms with van der Waals surface area (Å²) < 4.78 is 10.6. The number of methoxy groups -OCH3 is 1. The van der Waals surface area contributed by atoms with Crippen molar-refractivity contribution in [1.29, 1.82) is 0 Å². The largest absolute Gasteiger partial charge is 0.478 e. The van der Waals surface area contributed by atoms with Crippen molar-refractivity contribution in [2.75, 3.05) is 25.6 Å². The zero-order valence-electron chi connectivity index (χ0n) is 11.8. The second-order valence-electron chi connectivity index (χ2n) is 5.17. The molecule has 0 spiro atoms. The summed E-state index contributed by atoms with van der Waals surface area (Å²) in [5, 5.41) is 4.62. The molecule has 0 amide bonds. The molecule has 4 nitrogen and oxygen atoms in total. The van der Waals surface area contributed by atoms with E-state index >= 15 is 0 Å². The van der Waals surface area contributed by atoms with Gasteiger partial charge in [-0.3, -0.25) is 0 Å². The lowest BCUT2D eigenvalue weighted by Crippen LogP contribution is -2.03. The van der Waals surface area contributed by atoms with Gasteiger partial charge in [-0.15, -0.1) is 0 Å². The minimum atomic E-state index is 0.631. The molecule has 0 radical (unpaired) electrons. The van der Waals surface area contributed by atoms with Crippen LogP contribution in [-0.4, -0.2) is 31.3 Å². The van der Waals surface area contributed by atoms with Gasteiger partial charge < -0.3 is 14.8 Å². The quantitative estimate of drug-likeness (QED) is 0.786. The van der Waals surface area contributed by atoms with Crippen LogP contribution in [0.25, 0.3) is 10.9 Å². The molecule has 0 bridgehead atoms. The average Bonchev–Trinajstić information content (AvgIpc) is 3.27. The predicted octanol–water partition coefficient (Wildman–Crippen LogP) is 3.22. The molecule has 0 saturated heterocycles.